The Morgan fingerprint density at radius 1 is 1.19 bits per heavy atom. The third-order valence-corrected chi connectivity index (χ3v) is 5.80. The fourth-order valence-corrected chi connectivity index (χ4v) is 4.22. The van der Waals surface area contributed by atoms with Crippen LogP contribution in [0.15, 0.2) is 42.5 Å². The number of nitrogens with zero attached hydrogens (tertiary/aromatic N) is 1. The van der Waals surface area contributed by atoms with E-state index in [1.165, 1.54) is 6.07 Å². The molecule has 26 heavy (non-hydrogen) atoms. The molecule has 0 aliphatic heterocycles. The predicted octanol–water partition coefficient (Wildman–Crippen LogP) is 5.43. The van der Waals surface area contributed by atoms with E-state index < -0.39 is 6.10 Å². The van der Waals surface area contributed by atoms with E-state index in [2.05, 4.69) is 18.0 Å². The van der Waals surface area contributed by atoms with Crippen LogP contribution in [0.5, 0.6) is 0 Å². The Balaban J connectivity index is 1.62. The minimum Gasteiger partial charge on any atom is -0.388 e. The second-order valence-corrected chi connectivity index (χ2v) is 7.46. The Bertz CT molecular complexity index is 972. The van der Waals surface area contributed by atoms with Gasteiger partial charge in [-0.3, -0.25) is 0 Å². The van der Waals surface area contributed by atoms with E-state index in [0.717, 1.165) is 58.8 Å². The number of halogens is 2. The third-order valence-electron chi connectivity index (χ3n) is 5.47. The molecule has 0 fully saturated rings. The largest absolute Gasteiger partial charge is 0.388 e. The van der Waals surface area contributed by atoms with Gasteiger partial charge < -0.3 is 5.11 Å². The summed E-state index contributed by atoms with van der Waals surface area (Å²) in [6.45, 7) is 2.05. The Morgan fingerprint density at radius 2 is 2.04 bits per heavy atom. The van der Waals surface area contributed by atoms with E-state index in [-0.39, 0.29) is 11.7 Å². The van der Waals surface area contributed by atoms with Gasteiger partial charge in [0.15, 0.2) is 0 Å². The summed E-state index contributed by atoms with van der Waals surface area (Å²) in [5.74, 6) is -0.0496. The zero-order chi connectivity index (χ0) is 18.3. The number of hydrogen-bond donors (Lipinski definition) is 1. The number of fused-ring (bicyclic) bond motifs is 2. The summed E-state index contributed by atoms with van der Waals surface area (Å²) in [6.07, 6.45) is 2.71. The van der Waals surface area contributed by atoms with Gasteiger partial charge in [-0.15, -0.1) is 0 Å². The first-order chi connectivity index (χ1) is 12.5. The van der Waals surface area contributed by atoms with Crippen LogP contribution < -0.4 is 0 Å². The molecule has 1 aromatic heterocycles. The van der Waals surface area contributed by atoms with Gasteiger partial charge in [0, 0.05) is 5.39 Å². The number of rotatable bonds is 3. The second-order valence-electron chi connectivity index (χ2n) is 7.10. The van der Waals surface area contributed by atoms with Crippen LogP contribution in [-0.2, 0) is 19.3 Å². The molecule has 1 heterocycles. The molecule has 134 valence electrons. The van der Waals surface area contributed by atoms with Gasteiger partial charge in [0.1, 0.15) is 11.0 Å². The number of benzene rings is 2. The first kappa shape index (κ1) is 17.4. The molecule has 0 bridgehead atoms. The van der Waals surface area contributed by atoms with Crippen molar-refractivity contribution < 1.29 is 9.50 Å². The molecule has 3 aromatic rings. The third kappa shape index (κ3) is 3.22. The lowest BCUT2D eigenvalue weighted by Crippen LogP contribution is -2.21. The Morgan fingerprint density at radius 3 is 2.85 bits per heavy atom. The highest BCUT2D eigenvalue weighted by Gasteiger charge is 2.26. The van der Waals surface area contributed by atoms with Crippen LogP contribution in [0.1, 0.15) is 41.7 Å². The molecule has 1 aliphatic rings. The molecule has 2 unspecified atom stereocenters. The van der Waals surface area contributed by atoms with Gasteiger partial charge in [-0.05, 0) is 84.2 Å². The van der Waals surface area contributed by atoms with Crippen molar-refractivity contribution in [2.75, 3.05) is 0 Å². The van der Waals surface area contributed by atoms with E-state index in [4.69, 9.17) is 11.6 Å². The minimum atomic E-state index is -0.543. The molecule has 2 nitrogen and oxygen atoms in total. The van der Waals surface area contributed by atoms with E-state index in [1.807, 2.05) is 24.3 Å². The molecule has 4 rings (SSSR count). The van der Waals surface area contributed by atoms with Crippen LogP contribution in [0.4, 0.5) is 4.39 Å². The number of aryl methyl sites for hydroxylation is 2. The summed E-state index contributed by atoms with van der Waals surface area (Å²) in [6, 6.07) is 12.9. The van der Waals surface area contributed by atoms with Crippen LogP contribution in [0.3, 0.4) is 0 Å². The number of aromatic nitrogens is 1. The van der Waals surface area contributed by atoms with Crippen molar-refractivity contribution in [1.82, 2.24) is 4.98 Å². The summed E-state index contributed by atoms with van der Waals surface area (Å²) in [5, 5.41) is 12.5. The van der Waals surface area contributed by atoms with E-state index in [9.17, 15) is 9.50 Å². The van der Waals surface area contributed by atoms with E-state index >= 15 is 0 Å². The van der Waals surface area contributed by atoms with Gasteiger partial charge in [0.25, 0.3) is 0 Å². The lowest BCUT2D eigenvalue weighted by molar-refractivity contribution is 0.0996. The summed E-state index contributed by atoms with van der Waals surface area (Å²) in [7, 11) is 0. The summed E-state index contributed by atoms with van der Waals surface area (Å²) in [5.41, 5.74) is 4.97. The van der Waals surface area contributed by atoms with Crippen molar-refractivity contribution in [3.8, 4) is 0 Å². The molecule has 0 amide bonds. The van der Waals surface area contributed by atoms with Gasteiger partial charge in [-0.1, -0.05) is 30.7 Å². The van der Waals surface area contributed by atoms with Crippen LogP contribution in [0.2, 0.25) is 5.15 Å². The summed E-state index contributed by atoms with van der Waals surface area (Å²) in [4.78, 5) is 4.45. The van der Waals surface area contributed by atoms with Gasteiger partial charge in [0.2, 0.25) is 0 Å². The first-order valence-corrected chi connectivity index (χ1v) is 9.47. The second kappa shape index (κ2) is 6.98. The Hall–Kier alpha value is -1.97. The Kier molecular flexibility index (Phi) is 4.68. The molecule has 1 aliphatic carbocycles. The molecule has 4 heteroatoms. The quantitative estimate of drug-likeness (QED) is 0.624. The molecule has 1 N–H and O–H groups in total. The molecule has 0 radical (unpaired) electrons. The molecule has 2 aromatic carbocycles. The maximum Gasteiger partial charge on any atom is 0.132 e. The normalized spacial score (nSPS) is 17.9. The lowest BCUT2D eigenvalue weighted by atomic mass is 9.79. The smallest absolute Gasteiger partial charge is 0.132 e. The molecular weight excluding hydrogens is 349 g/mol. The zero-order valence-corrected chi connectivity index (χ0v) is 15.4. The minimum absolute atomic E-state index is 0.135. The highest BCUT2D eigenvalue weighted by Crippen LogP contribution is 2.35. The van der Waals surface area contributed by atoms with Crippen molar-refractivity contribution in [3.05, 3.63) is 75.7 Å². The predicted molar refractivity (Wildman–Crippen MR) is 103 cm³/mol. The SMILES string of the molecule is CCc1cc2cc(C(O)C3CCc4cc(F)ccc4C3)ccc2nc1Cl. The van der Waals surface area contributed by atoms with Crippen molar-refractivity contribution >= 4 is 22.5 Å². The van der Waals surface area contributed by atoms with Gasteiger partial charge in [-0.25, -0.2) is 9.37 Å². The molecule has 0 spiro atoms. The summed E-state index contributed by atoms with van der Waals surface area (Å²) >= 11 is 6.20. The topological polar surface area (TPSA) is 33.1 Å². The van der Waals surface area contributed by atoms with Crippen molar-refractivity contribution in [3.63, 3.8) is 0 Å². The van der Waals surface area contributed by atoms with E-state index in [0.29, 0.717) is 5.15 Å². The maximum atomic E-state index is 13.4. The fraction of sp³-hybridized carbons (Fsp3) is 0.318. The van der Waals surface area contributed by atoms with Crippen molar-refractivity contribution in [2.24, 2.45) is 5.92 Å². The lowest BCUT2D eigenvalue weighted by Gasteiger charge is -2.29. The molecular formula is C22H21ClFNO. The van der Waals surface area contributed by atoms with E-state index in [1.54, 1.807) is 6.07 Å². The van der Waals surface area contributed by atoms with Crippen molar-refractivity contribution in [2.45, 2.75) is 38.7 Å². The monoisotopic (exact) mass is 369 g/mol. The molecule has 0 saturated heterocycles. The standard InChI is InChI=1S/C22H21ClFNO/c1-2-13-9-18-11-17(6-8-20(18)25-22(13)23)21(26)16-4-3-15-12-19(24)7-5-14(15)10-16/h5-9,11-12,16,21,26H,2-4,10H2,1H3. The number of hydrogen-bond acceptors (Lipinski definition) is 2. The highest BCUT2D eigenvalue weighted by atomic mass is 35.5. The van der Waals surface area contributed by atoms with Crippen LogP contribution in [0, 0.1) is 11.7 Å². The van der Waals surface area contributed by atoms with Crippen LogP contribution >= 0.6 is 11.6 Å². The van der Waals surface area contributed by atoms with Gasteiger partial charge >= 0.3 is 0 Å². The van der Waals surface area contributed by atoms with Crippen LogP contribution in [0.25, 0.3) is 10.9 Å². The maximum absolute atomic E-state index is 13.4. The fourth-order valence-electron chi connectivity index (χ4n) is 3.94. The number of aliphatic hydroxyl groups excluding tert-OH is 1. The summed E-state index contributed by atoms with van der Waals surface area (Å²) < 4.78 is 13.4. The zero-order valence-electron chi connectivity index (χ0n) is 14.7. The van der Waals surface area contributed by atoms with Crippen LogP contribution in [-0.4, -0.2) is 10.1 Å². The molecule has 2 atom stereocenters. The van der Waals surface area contributed by atoms with Gasteiger partial charge in [0.05, 0.1) is 11.6 Å². The molecule has 0 saturated carbocycles. The Labute approximate surface area is 157 Å². The average molecular weight is 370 g/mol. The number of pyridine rings is 1. The van der Waals surface area contributed by atoms with Gasteiger partial charge in [-0.2, -0.15) is 0 Å². The average Bonchev–Trinajstić information content (AvgIpc) is 2.66. The number of aliphatic hydroxyl groups is 1. The van der Waals surface area contributed by atoms with Crippen molar-refractivity contribution in [1.29, 1.82) is 0 Å². The highest BCUT2D eigenvalue weighted by molar-refractivity contribution is 6.30. The first-order valence-electron chi connectivity index (χ1n) is 9.09.